The van der Waals surface area contributed by atoms with E-state index in [1.54, 1.807) is 0 Å². The lowest BCUT2D eigenvalue weighted by Crippen LogP contribution is -2.46. The standard InChI is InChI=1S/C19H44O2Si2/c1-13-14-17(21-23(11,12)19(6,7)8)15-16(2)20-22(9,10)18(3,4)5/h16-17H,13-15H2,1-12H3/t16-,17+/m1/s1. The van der Waals surface area contributed by atoms with E-state index < -0.39 is 16.6 Å². The molecule has 0 bridgehead atoms. The normalized spacial score (nSPS) is 17.2. The van der Waals surface area contributed by atoms with E-state index in [-0.39, 0.29) is 16.2 Å². The summed E-state index contributed by atoms with van der Waals surface area (Å²) < 4.78 is 13.2. The summed E-state index contributed by atoms with van der Waals surface area (Å²) in [7, 11) is -3.41. The predicted octanol–water partition coefficient (Wildman–Crippen LogP) is 6.98. The number of hydrogen-bond donors (Lipinski definition) is 0. The van der Waals surface area contributed by atoms with Gasteiger partial charge >= 0.3 is 0 Å². The summed E-state index contributed by atoms with van der Waals surface area (Å²) in [5, 5.41) is 0.532. The van der Waals surface area contributed by atoms with Crippen LogP contribution in [-0.2, 0) is 8.85 Å². The highest BCUT2D eigenvalue weighted by molar-refractivity contribution is 6.74. The second-order valence-corrected chi connectivity index (χ2v) is 19.7. The summed E-state index contributed by atoms with van der Waals surface area (Å²) in [6, 6.07) is 0. The van der Waals surface area contributed by atoms with Crippen molar-refractivity contribution in [1.29, 1.82) is 0 Å². The van der Waals surface area contributed by atoms with Gasteiger partial charge in [0.15, 0.2) is 16.6 Å². The van der Waals surface area contributed by atoms with Crippen LogP contribution in [0.15, 0.2) is 0 Å². The van der Waals surface area contributed by atoms with Crippen molar-refractivity contribution in [3.8, 4) is 0 Å². The van der Waals surface area contributed by atoms with Crippen molar-refractivity contribution in [2.75, 3.05) is 0 Å². The first-order valence-electron chi connectivity index (χ1n) is 9.39. The summed E-state index contributed by atoms with van der Waals surface area (Å²) in [6.45, 7) is 27.8. The van der Waals surface area contributed by atoms with Gasteiger partial charge in [0.25, 0.3) is 0 Å². The van der Waals surface area contributed by atoms with Gasteiger partial charge in [-0.05, 0) is 56.0 Å². The van der Waals surface area contributed by atoms with Gasteiger partial charge in [-0.25, -0.2) is 0 Å². The summed E-state index contributed by atoms with van der Waals surface area (Å²) >= 11 is 0. The zero-order valence-electron chi connectivity index (χ0n) is 18.1. The lowest BCUT2D eigenvalue weighted by Gasteiger charge is -2.42. The molecule has 140 valence electrons. The molecule has 0 N–H and O–H groups in total. The fourth-order valence-corrected chi connectivity index (χ4v) is 5.10. The third-order valence-corrected chi connectivity index (χ3v) is 14.9. The molecular formula is C19H44O2Si2. The van der Waals surface area contributed by atoms with Crippen molar-refractivity contribution >= 4 is 16.6 Å². The van der Waals surface area contributed by atoms with Gasteiger partial charge in [-0.1, -0.05) is 54.9 Å². The van der Waals surface area contributed by atoms with Crippen molar-refractivity contribution in [2.45, 2.75) is 123 Å². The average molecular weight is 361 g/mol. The third kappa shape index (κ3) is 7.41. The fourth-order valence-electron chi connectivity index (χ4n) is 2.24. The average Bonchev–Trinajstić information content (AvgIpc) is 2.23. The van der Waals surface area contributed by atoms with Crippen LogP contribution in [-0.4, -0.2) is 28.8 Å². The minimum absolute atomic E-state index is 0.266. The molecule has 0 unspecified atom stereocenters. The molecule has 0 radical (unpaired) electrons. The van der Waals surface area contributed by atoms with Crippen LogP contribution in [0, 0.1) is 0 Å². The zero-order valence-corrected chi connectivity index (χ0v) is 20.1. The maximum absolute atomic E-state index is 6.69. The van der Waals surface area contributed by atoms with Crippen molar-refractivity contribution < 1.29 is 8.85 Å². The van der Waals surface area contributed by atoms with Crippen LogP contribution in [0.5, 0.6) is 0 Å². The smallest absolute Gasteiger partial charge is 0.192 e. The minimum Gasteiger partial charge on any atom is -0.414 e. The Labute approximate surface area is 149 Å². The molecule has 0 aliphatic heterocycles. The second-order valence-electron chi connectivity index (χ2n) is 10.2. The Morgan fingerprint density at radius 2 is 1.17 bits per heavy atom. The molecule has 0 saturated carbocycles. The molecule has 0 spiro atoms. The Bertz CT molecular complexity index is 351. The molecule has 2 atom stereocenters. The van der Waals surface area contributed by atoms with Crippen molar-refractivity contribution in [3.63, 3.8) is 0 Å². The summed E-state index contributed by atoms with van der Waals surface area (Å²) in [5.74, 6) is 0. The lowest BCUT2D eigenvalue weighted by molar-refractivity contribution is 0.0955. The maximum Gasteiger partial charge on any atom is 0.192 e. The van der Waals surface area contributed by atoms with Crippen LogP contribution in [0.1, 0.15) is 74.7 Å². The first-order valence-corrected chi connectivity index (χ1v) is 15.2. The topological polar surface area (TPSA) is 18.5 Å². The molecule has 0 fully saturated rings. The van der Waals surface area contributed by atoms with Gasteiger partial charge in [-0.3, -0.25) is 0 Å². The van der Waals surface area contributed by atoms with Gasteiger partial charge in [0.1, 0.15) is 0 Å². The highest BCUT2D eigenvalue weighted by Crippen LogP contribution is 2.40. The van der Waals surface area contributed by atoms with Gasteiger partial charge in [0, 0.05) is 12.2 Å². The summed E-state index contributed by atoms with van der Waals surface area (Å²) in [6.07, 6.45) is 3.94. The molecule has 23 heavy (non-hydrogen) atoms. The zero-order chi connectivity index (χ0) is 18.7. The molecule has 0 saturated heterocycles. The molecule has 0 rings (SSSR count). The largest absolute Gasteiger partial charge is 0.414 e. The van der Waals surface area contributed by atoms with E-state index in [2.05, 4.69) is 81.6 Å². The lowest BCUT2D eigenvalue weighted by atomic mass is 10.1. The van der Waals surface area contributed by atoms with E-state index in [1.165, 1.54) is 6.42 Å². The van der Waals surface area contributed by atoms with Crippen molar-refractivity contribution in [2.24, 2.45) is 0 Å². The minimum atomic E-state index is -1.71. The molecule has 2 nitrogen and oxygen atoms in total. The van der Waals surface area contributed by atoms with Gasteiger partial charge in [0.2, 0.25) is 0 Å². The van der Waals surface area contributed by atoms with E-state index in [0.29, 0.717) is 6.10 Å². The molecule has 0 aromatic heterocycles. The molecule has 0 aliphatic rings. The van der Waals surface area contributed by atoms with Gasteiger partial charge in [-0.2, -0.15) is 0 Å². The van der Waals surface area contributed by atoms with Crippen molar-refractivity contribution in [1.82, 2.24) is 0 Å². The molecule has 0 aromatic rings. The monoisotopic (exact) mass is 360 g/mol. The maximum atomic E-state index is 6.69. The second kappa shape index (κ2) is 8.16. The van der Waals surface area contributed by atoms with E-state index >= 15 is 0 Å². The summed E-state index contributed by atoms with van der Waals surface area (Å²) in [4.78, 5) is 0. The first kappa shape index (κ1) is 23.4. The molecule has 0 aromatic carbocycles. The van der Waals surface area contributed by atoms with E-state index in [9.17, 15) is 0 Å². The van der Waals surface area contributed by atoms with Gasteiger partial charge in [-0.15, -0.1) is 0 Å². The van der Waals surface area contributed by atoms with E-state index in [0.717, 1.165) is 12.8 Å². The van der Waals surface area contributed by atoms with Crippen LogP contribution in [0.3, 0.4) is 0 Å². The Morgan fingerprint density at radius 3 is 1.52 bits per heavy atom. The predicted molar refractivity (Wildman–Crippen MR) is 109 cm³/mol. The molecule has 0 amide bonds. The Balaban J connectivity index is 4.89. The number of rotatable bonds is 8. The van der Waals surface area contributed by atoms with Crippen LogP contribution in [0.4, 0.5) is 0 Å². The fraction of sp³-hybridized carbons (Fsp3) is 1.00. The van der Waals surface area contributed by atoms with Crippen LogP contribution < -0.4 is 0 Å². The molecule has 4 heteroatoms. The Kier molecular flexibility index (Phi) is 8.28. The molecule has 0 heterocycles. The third-order valence-electron chi connectivity index (χ3n) is 5.77. The Morgan fingerprint density at radius 1 is 0.783 bits per heavy atom. The first-order chi connectivity index (χ1) is 10.0. The van der Waals surface area contributed by atoms with Crippen molar-refractivity contribution in [3.05, 3.63) is 0 Å². The highest BCUT2D eigenvalue weighted by Gasteiger charge is 2.41. The van der Waals surface area contributed by atoms with Gasteiger partial charge < -0.3 is 8.85 Å². The van der Waals surface area contributed by atoms with Crippen LogP contribution >= 0.6 is 0 Å². The SMILES string of the molecule is CCC[C@@H](C[C@@H](C)O[Si](C)(C)C(C)(C)C)O[Si](C)(C)C(C)(C)C. The van der Waals surface area contributed by atoms with Gasteiger partial charge in [0.05, 0.1) is 0 Å². The summed E-state index contributed by atoms with van der Waals surface area (Å²) in [5.41, 5.74) is 0. The van der Waals surface area contributed by atoms with E-state index in [1.807, 2.05) is 0 Å². The van der Waals surface area contributed by atoms with Crippen LogP contribution in [0.2, 0.25) is 36.3 Å². The number of hydrogen-bond acceptors (Lipinski definition) is 2. The molecular weight excluding hydrogens is 316 g/mol. The quantitative estimate of drug-likeness (QED) is 0.435. The van der Waals surface area contributed by atoms with Crippen LogP contribution in [0.25, 0.3) is 0 Å². The van der Waals surface area contributed by atoms with E-state index in [4.69, 9.17) is 8.85 Å². The molecule has 0 aliphatic carbocycles. The highest BCUT2D eigenvalue weighted by atomic mass is 28.4. The Hall–Kier alpha value is 0.354.